The Hall–Kier alpha value is -1.90. The van der Waals surface area contributed by atoms with Crippen molar-refractivity contribution in [1.82, 2.24) is 14.8 Å². The average Bonchev–Trinajstić information content (AvgIpc) is 2.98. The maximum absolute atomic E-state index is 13.2. The van der Waals surface area contributed by atoms with Gasteiger partial charge in [0, 0.05) is 49.9 Å². The van der Waals surface area contributed by atoms with Gasteiger partial charge < -0.3 is 5.32 Å². The second kappa shape index (κ2) is 7.99. The van der Waals surface area contributed by atoms with Crippen LogP contribution in [0, 0.1) is 18.6 Å². The van der Waals surface area contributed by atoms with Crippen LogP contribution in [0.15, 0.2) is 23.6 Å². The number of thiazole rings is 1. The highest BCUT2D eigenvalue weighted by Gasteiger charge is 2.19. The van der Waals surface area contributed by atoms with Crippen molar-refractivity contribution in [2.24, 2.45) is 0 Å². The van der Waals surface area contributed by atoms with Crippen molar-refractivity contribution in [1.29, 1.82) is 0 Å². The number of carbonyl (C=O) groups is 1. The molecule has 8 heteroatoms. The van der Waals surface area contributed by atoms with Gasteiger partial charge in [-0.3, -0.25) is 14.6 Å². The van der Waals surface area contributed by atoms with Crippen LogP contribution in [0.25, 0.3) is 0 Å². The van der Waals surface area contributed by atoms with Crippen molar-refractivity contribution >= 4 is 22.9 Å². The number of aromatic nitrogens is 1. The number of hydrogen-bond acceptors (Lipinski definition) is 5. The Labute approximate surface area is 149 Å². The zero-order valence-corrected chi connectivity index (χ0v) is 14.8. The van der Waals surface area contributed by atoms with E-state index in [1.165, 1.54) is 6.07 Å². The molecule has 1 aliphatic rings. The third-order valence-corrected chi connectivity index (χ3v) is 4.91. The molecule has 3 rings (SSSR count). The van der Waals surface area contributed by atoms with Crippen molar-refractivity contribution in [2.45, 2.75) is 13.5 Å². The van der Waals surface area contributed by atoms with E-state index in [0.717, 1.165) is 55.6 Å². The van der Waals surface area contributed by atoms with Crippen LogP contribution >= 0.6 is 11.3 Å². The molecule has 1 aromatic heterocycles. The largest absolute Gasteiger partial charge is 0.325 e. The number of nitrogens with one attached hydrogen (secondary N) is 1. The van der Waals surface area contributed by atoms with Crippen molar-refractivity contribution in [2.75, 3.05) is 38.0 Å². The van der Waals surface area contributed by atoms with Gasteiger partial charge in [0.15, 0.2) is 11.6 Å². The maximum Gasteiger partial charge on any atom is 0.238 e. The third kappa shape index (κ3) is 5.04. The van der Waals surface area contributed by atoms with E-state index in [4.69, 9.17) is 0 Å². The molecule has 2 heterocycles. The molecule has 0 radical (unpaired) electrons. The molecule has 1 fully saturated rings. The highest BCUT2D eigenvalue weighted by atomic mass is 32.1. The normalized spacial score (nSPS) is 16.1. The van der Waals surface area contributed by atoms with Gasteiger partial charge in [0.05, 0.1) is 17.2 Å². The molecule has 5 nitrogen and oxygen atoms in total. The number of aryl methyl sites for hydroxylation is 1. The Kier molecular flexibility index (Phi) is 5.72. The lowest BCUT2D eigenvalue weighted by Gasteiger charge is -2.33. The molecular formula is C17H20F2N4OS. The van der Waals surface area contributed by atoms with Gasteiger partial charge >= 0.3 is 0 Å². The van der Waals surface area contributed by atoms with Gasteiger partial charge in [0.1, 0.15) is 0 Å². The van der Waals surface area contributed by atoms with Gasteiger partial charge in [-0.2, -0.15) is 0 Å². The molecule has 0 aliphatic carbocycles. The molecule has 0 atom stereocenters. The van der Waals surface area contributed by atoms with Gasteiger partial charge in [-0.1, -0.05) is 0 Å². The van der Waals surface area contributed by atoms with E-state index in [2.05, 4.69) is 25.5 Å². The summed E-state index contributed by atoms with van der Waals surface area (Å²) >= 11 is 1.65. The summed E-state index contributed by atoms with van der Waals surface area (Å²) < 4.78 is 26.1. The van der Waals surface area contributed by atoms with E-state index < -0.39 is 11.6 Å². The molecule has 2 aromatic rings. The summed E-state index contributed by atoms with van der Waals surface area (Å²) in [4.78, 5) is 20.9. The summed E-state index contributed by atoms with van der Waals surface area (Å²) in [6.07, 6.45) is 0. The summed E-state index contributed by atoms with van der Waals surface area (Å²) in [6.45, 7) is 6.38. The zero-order valence-electron chi connectivity index (χ0n) is 14.0. The lowest BCUT2D eigenvalue weighted by molar-refractivity contribution is -0.117. The van der Waals surface area contributed by atoms with E-state index in [0.29, 0.717) is 0 Å². The Morgan fingerprint density at radius 1 is 1.20 bits per heavy atom. The Bertz CT molecular complexity index is 744. The van der Waals surface area contributed by atoms with E-state index in [1.54, 1.807) is 11.3 Å². The number of halogens is 2. The van der Waals surface area contributed by atoms with Gasteiger partial charge in [0.2, 0.25) is 5.91 Å². The molecule has 25 heavy (non-hydrogen) atoms. The molecule has 0 spiro atoms. The van der Waals surface area contributed by atoms with Crippen molar-refractivity contribution < 1.29 is 13.6 Å². The maximum atomic E-state index is 13.2. The fraction of sp³-hybridized carbons (Fsp3) is 0.412. The molecule has 1 aliphatic heterocycles. The number of anilines is 1. The number of piperazine rings is 1. The second-order valence-electron chi connectivity index (χ2n) is 6.09. The molecule has 1 N–H and O–H groups in total. The van der Waals surface area contributed by atoms with Crippen molar-refractivity contribution in [3.63, 3.8) is 0 Å². The summed E-state index contributed by atoms with van der Waals surface area (Å²) in [5, 5.41) is 5.75. The minimum Gasteiger partial charge on any atom is -0.325 e. The van der Waals surface area contributed by atoms with Crippen LogP contribution in [0.1, 0.15) is 10.7 Å². The predicted octanol–water partition coefficient (Wildman–Crippen LogP) is 2.49. The Morgan fingerprint density at radius 3 is 2.56 bits per heavy atom. The van der Waals surface area contributed by atoms with E-state index in [1.807, 2.05) is 6.92 Å². The molecule has 134 valence electrons. The highest BCUT2D eigenvalue weighted by molar-refractivity contribution is 7.09. The van der Waals surface area contributed by atoms with Gasteiger partial charge in [-0.05, 0) is 19.1 Å². The van der Waals surface area contributed by atoms with Crippen LogP contribution < -0.4 is 5.32 Å². The molecule has 1 aromatic carbocycles. The molecule has 1 saturated heterocycles. The fourth-order valence-electron chi connectivity index (χ4n) is 2.79. The standard InChI is InChI=1S/C17H20F2N4OS/c1-12-20-14(11-25-12)9-22-4-6-23(7-5-22)10-17(24)21-13-2-3-15(18)16(19)8-13/h2-3,8,11H,4-7,9-10H2,1H3,(H,21,24). The molecule has 0 bridgehead atoms. The van der Waals surface area contributed by atoms with E-state index >= 15 is 0 Å². The van der Waals surface area contributed by atoms with E-state index in [-0.39, 0.29) is 18.1 Å². The van der Waals surface area contributed by atoms with Gasteiger partial charge in [-0.15, -0.1) is 11.3 Å². The minimum atomic E-state index is -0.969. The number of rotatable bonds is 5. The molecule has 0 saturated carbocycles. The fourth-order valence-corrected chi connectivity index (χ4v) is 3.40. The first-order chi connectivity index (χ1) is 12.0. The zero-order chi connectivity index (χ0) is 17.8. The van der Waals surface area contributed by atoms with Crippen LogP contribution in [-0.4, -0.2) is 53.4 Å². The number of benzene rings is 1. The van der Waals surface area contributed by atoms with Crippen LogP contribution in [0.4, 0.5) is 14.5 Å². The lowest BCUT2D eigenvalue weighted by atomic mass is 10.2. The van der Waals surface area contributed by atoms with Gasteiger partial charge in [-0.25, -0.2) is 13.8 Å². The van der Waals surface area contributed by atoms with Crippen LogP contribution in [-0.2, 0) is 11.3 Å². The first kappa shape index (κ1) is 17.9. The summed E-state index contributed by atoms with van der Waals surface area (Å²) in [5.41, 5.74) is 1.36. The Balaban J connectivity index is 1.43. The van der Waals surface area contributed by atoms with Crippen molar-refractivity contribution in [3.05, 3.63) is 45.9 Å². The summed E-state index contributed by atoms with van der Waals surface area (Å²) in [5.74, 6) is -2.12. The minimum absolute atomic E-state index is 0.227. The number of nitrogens with zero attached hydrogens (tertiary/aromatic N) is 3. The highest BCUT2D eigenvalue weighted by Crippen LogP contribution is 2.14. The number of amides is 1. The van der Waals surface area contributed by atoms with Gasteiger partial charge in [0.25, 0.3) is 0 Å². The van der Waals surface area contributed by atoms with Crippen LogP contribution in [0.2, 0.25) is 0 Å². The quantitative estimate of drug-likeness (QED) is 0.883. The van der Waals surface area contributed by atoms with E-state index in [9.17, 15) is 13.6 Å². The SMILES string of the molecule is Cc1nc(CN2CCN(CC(=O)Nc3ccc(F)c(F)c3)CC2)cs1. The lowest BCUT2D eigenvalue weighted by Crippen LogP contribution is -2.48. The van der Waals surface area contributed by atoms with Crippen LogP contribution in [0.5, 0.6) is 0 Å². The number of carbonyl (C=O) groups excluding carboxylic acids is 1. The molecule has 1 amide bonds. The average molecular weight is 366 g/mol. The first-order valence-electron chi connectivity index (χ1n) is 8.10. The van der Waals surface area contributed by atoms with Crippen molar-refractivity contribution in [3.8, 4) is 0 Å². The third-order valence-electron chi connectivity index (χ3n) is 4.09. The second-order valence-corrected chi connectivity index (χ2v) is 7.15. The monoisotopic (exact) mass is 366 g/mol. The molecule has 0 unspecified atom stereocenters. The predicted molar refractivity (Wildman–Crippen MR) is 93.6 cm³/mol. The first-order valence-corrected chi connectivity index (χ1v) is 8.98. The topological polar surface area (TPSA) is 48.5 Å². The Morgan fingerprint density at radius 2 is 1.92 bits per heavy atom. The van der Waals surface area contributed by atoms with Crippen LogP contribution in [0.3, 0.4) is 0 Å². The number of hydrogen-bond donors (Lipinski definition) is 1. The smallest absolute Gasteiger partial charge is 0.238 e. The summed E-state index contributed by atoms with van der Waals surface area (Å²) in [6, 6.07) is 3.34. The summed E-state index contributed by atoms with van der Waals surface area (Å²) in [7, 11) is 0. The molecular weight excluding hydrogens is 346 g/mol.